The summed E-state index contributed by atoms with van der Waals surface area (Å²) >= 11 is 0.596. The van der Waals surface area contributed by atoms with E-state index in [-0.39, 0.29) is 0 Å². The number of benzene rings is 1. The third-order valence-electron chi connectivity index (χ3n) is 2.57. The Morgan fingerprint density at radius 3 is 2.53 bits per heavy atom. The Balaban J connectivity index is 2.03. The summed E-state index contributed by atoms with van der Waals surface area (Å²) in [4.78, 5) is 0.631. The molecule has 1 aliphatic heterocycles. The van der Waals surface area contributed by atoms with Gasteiger partial charge in [0.2, 0.25) is 0 Å². The first kappa shape index (κ1) is 10.9. The third-order valence-corrected chi connectivity index (χ3v) is 3.29. The zero-order valence-electron chi connectivity index (χ0n) is 8.25. The van der Waals surface area contributed by atoms with Gasteiger partial charge in [-0.15, -0.1) is 0 Å². The summed E-state index contributed by atoms with van der Waals surface area (Å²) in [5.41, 5.74) is 1.20. The van der Waals surface area contributed by atoms with Crippen molar-refractivity contribution < 1.29 is 8.78 Å². The second-order valence-electron chi connectivity index (χ2n) is 3.60. The minimum atomic E-state index is -2.33. The van der Waals surface area contributed by atoms with E-state index in [1.165, 1.54) is 12.0 Å². The van der Waals surface area contributed by atoms with Crippen molar-refractivity contribution in [1.82, 2.24) is 5.32 Å². The average Bonchev–Trinajstić information content (AvgIpc) is 2.71. The first-order valence-electron chi connectivity index (χ1n) is 5.04. The van der Waals surface area contributed by atoms with Crippen molar-refractivity contribution in [2.45, 2.75) is 29.5 Å². The molecule has 1 unspecified atom stereocenters. The fourth-order valence-electron chi connectivity index (χ4n) is 1.85. The van der Waals surface area contributed by atoms with Gasteiger partial charge in [-0.05, 0) is 37.1 Å². The molecule has 0 spiro atoms. The number of halogens is 2. The van der Waals surface area contributed by atoms with Crippen LogP contribution < -0.4 is 5.32 Å². The van der Waals surface area contributed by atoms with E-state index >= 15 is 0 Å². The highest BCUT2D eigenvalue weighted by Gasteiger charge is 2.15. The summed E-state index contributed by atoms with van der Waals surface area (Å²) in [5, 5.41) is 3.38. The lowest BCUT2D eigenvalue weighted by Gasteiger charge is -2.10. The molecule has 1 aromatic rings. The van der Waals surface area contributed by atoms with E-state index in [9.17, 15) is 8.78 Å². The van der Waals surface area contributed by atoms with Gasteiger partial charge in [0.15, 0.2) is 0 Å². The molecule has 0 radical (unpaired) electrons. The molecule has 0 aromatic heterocycles. The first-order chi connectivity index (χ1) is 7.25. The molecule has 1 aromatic carbocycles. The van der Waals surface area contributed by atoms with E-state index in [1.54, 1.807) is 12.1 Å². The molecule has 1 heterocycles. The Labute approximate surface area is 92.3 Å². The number of alkyl halides is 2. The molecule has 0 bridgehead atoms. The number of nitrogens with one attached hydrogen (secondary N) is 1. The monoisotopic (exact) mass is 229 g/mol. The maximum absolute atomic E-state index is 12.1. The number of hydrogen-bond acceptors (Lipinski definition) is 2. The lowest BCUT2D eigenvalue weighted by Crippen LogP contribution is -2.12. The molecule has 15 heavy (non-hydrogen) atoms. The molecule has 1 N–H and O–H groups in total. The van der Waals surface area contributed by atoms with E-state index in [4.69, 9.17) is 0 Å². The van der Waals surface area contributed by atoms with Gasteiger partial charge < -0.3 is 5.32 Å². The number of hydrogen-bond donors (Lipinski definition) is 1. The molecule has 1 saturated heterocycles. The highest BCUT2D eigenvalue weighted by atomic mass is 32.2. The lowest BCUT2D eigenvalue weighted by molar-refractivity contribution is 0.252. The minimum Gasteiger partial charge on any atom is -0.310 e. The second-order valence-corrected chi connectivity index (χ2v) is 4.66. The van der Waals surface area contributed by atoms with E-state index in [0.717, 1.165) is 13.0 Å². The standard InChI is InChI=1S/C11H13F2NS/c12-11(13)15-9-5-3-8(4-6-9)10-2-1-7-14-10/h3-6,10-11,14H,1-2,7H2. The molecule has 0 saturated carbocycles. The van der Waals surface area contributed by atoms with Crippen LogP contribution in [-0.4, -0.2) is 12.3 Å². The molecule has 0 amide bonds. The third kappa shape index (κ3) is 2.92. The molecule has 1 aliphatic rings. The largest absolute Gasteiger partial charge is 0.310 e. The molecule has 1 atom stereocenters. The van der Waals surface area contributed by atoms with Crippen LogP contribution in [0, 0.1) is 0 Å². The van der Waals surface area contributed by atoms with Crippen molar-refractivity contribution in [3.8, 4) is 0 Å². The lowest BCUT2D eigenvalue weighted by atomic mass is 10.1. The molecule has 4 heteroatoms. The molecular formula is C11H13F2NS. The van der Waals surface area contributed by atoms with Gasteiger partial charge in [0.25, 0.3) is 5.76 Å². The Kier molecular flexibility index (Phi) is 3.59. The van der Waals surface area contributed by atoms with Crippen LogP contribution in [-0.2, 0) is 0 Å². The SMILES string of the molecule is FC(F)Sc1ccc(C2CCCN2)cc1. The van der Waals surface area contributed by atoms with Crippen LogP contribution in [0.1, 0.15) is 24.4 Å². The van der Waals surface area contributed by atoms with Gasteiger partial charge in [0.1, 0.15) is 0 Å². The van der Waals surface area contributed by atoms with E-state index in [1.807, 2.05) is 12.1 Å². The Morgan fingerprint density at radius 1 is 1.27 bits per heavy atom. The van der Waals surface area contributed by atoms with Gasteiger partial charge in [-0.2, -0.15) is 8.78 Å². The predicted octanol–water partition coefficient (Wildman–Crippen LogP) is 3.43. The normalized spacial score (nSPS) is 21.1. The zero-order valence-corrected chi connectivity index (χ0v) is 9.07. The summed E-state index contributed by atoms with van der Waals surface area (Å²) in [7, 11) is 0. The van der Waals surface area contributed by atoms with Gasteiger partial charge in [-0.25, -0.2) is 0 Å². The number of rotatable bonds is 3. The summed E-state index contributed by atoms with van der Waals surface area (Å²) in [6, 6.07) is 7.83. The maximum Gasteiger partial charge on any atom is 0.288 e. The highest BCUT2D eigenvalue weighted by molar-refractivity contribution is 7.99. The quantitative estimate of drug-likeness (QED) is 0.797. The van der Waals surface area contributed by atoms with Gasteiger partial charge in [-0.3, -0.25) is 0 Å². The van der Waals surface area contributed by atoms with Crippen molar-refractivity contribution in [3.63, 3.8) is 0 Å². The molecular weight excluding hydrogens is 216 g/mol. The van der Waals surface area contributed by atoms with Crippen LogP contribution in [0.5, 0.6) is 0 Å². The molecule has 0 aliphatic carbocycles. The fraction of sp³-hybridized carbons (Fsp3) is 0.455. The van der Waals surface area contributed by atoms with Crippen LogP contribution in [0.25, 0.3) is 0 Å². The number of thioether (sulfide) groups is 1. The molecule has 1 nitrogen and oxygen atoms in total. The van der Waals surface area contributed by atoms with Crippen LogP contribution in [0.3, 0.4) is 0 Å². The average molecular weight is 229 g/mol. The Bertz CT molecular complexity index is 307. The van der Waals surface area contributed by atoms with Gasteiger partial charge in [0, 0.05) is 10.9 Å². The van der Waals surface area contributed by atoms with E-state index in [0.29, 0.717) is 22.7 Å². The minimum absolute atomic E-state index is 0.413. The van der Waals surface area contributed by atoms with E-state index < -0.39 is 5.76 Å². The van der Waals surface area contributed by atoms with E-state index in [2.05, 4.69) is 5.32 Å². The first-order valence-corrected chi connectivity index (χ1v) is 5.92. The second kappa shape index (κ2) is 4.94. The summed E-state index contributed by atoms with van der Waals surface area (Å²) in [5.74, 6) is -2.33. The fourth-order valence-corrected chi connectivity index (χ4v) is 2.35. The smallest absolute Gasteiger partial charge is 0.288 e. The van der Waals surface area contributed by atoms with Crippen LogP contribution in [0.15, 0.2) is 29.2 Å². The van der Waals surface area contributed by atoms with Crippen molar-refractivity contribution in [2.75, 3.05) is 6.54 Å². The summed E-state index contributed by atoms with van der Waals surface area (Å²) in [6.45, 7) is 1.05. The van der Waals surface area contributed by atoms with Crippen LogP contribution in [0.4, 0.5) is 8.78 Å². The van der Waals surface area contributed by atoms with Crippen molar-refractivity contribution in [3.05, 3.63) is 29.8 Å². The van der Waals surface area contributed by atoms with Gasteiger partial charge in [0.05, 0.1) is 0 Å². The summed E-state index contributed by atoms with van der Waals surface area (Å²) in [6.07, 6.45) is 2.33. The highest BCUT2D eigenvalue weighted by Crippen LogP contribution is 2.28. The van der Waals surface area contributed by atoms with Gasteiger partial charge >= 0.3 is 0 Å². The van der Waals surface area contributed by atoms with Crippen molar-refractivity contribution in [2.24, 2.45) is 0 Å². The topological polar surface area (TPSA) is 12.0 Å². The van der Waals surface area contributed by atoms with Crippen LogP contribution in [0.2, 0.25) is 0 Å². The molecule has 82 valence electrons. The molecule has 1 fully saturated rings. The summed E-state index contributed by atoms with van der Waals surface area (Å²) < 4.78 is 24.1. The van der Waals surface area contributed by atoms with Crippen LogP contribution >= 0.6 is 11.8 Å². The Morgan fingerprint density at radius 2 is 2.00 bits per heavy atom. The van der Waals surface area contributed by atoms with Crippen molar-refractivity contribution >= 4 is 11.8 Å². The van der Waals surface area contributed by atoms with Gasteiger partial charge in [-0.1, -0.05) is 23.9 Å². The Hall–Kier alpha value is -0.610. The van der Waals surface area contributed by atoms with Crippen molar-refractivity contribution in [1.29, 1.82) is 0 Å². The zero-order chi connectivity index (χ0) is 10.7. The predicted molar refractivity (Wildman–Crippen MR) is 58.3 cm³/mol. The molecule has 2 rings (SSSR count). The maximum atomic E-state index is 12.1.